The Kier molecular flexibility index (Phi) is 6.19. The first-order valence-corrected chi connectivity index (χ1v) is 10.8. The molecule has 0 unspecified atom stereocenters. The van der Waals surface area contributed by atoms with E-state index in [0.29, 0.717) is 23.7 Å². The van der Waals surface area contributed by atoms with E-state index in [1.165, 1.54) is 6.07 Å². The molecule has 0 aromatic heterocycles. The van der Waals surface area contributed by atoms with Gasteiger partial charge in [0.25, 0.3) is 5.91 Å². The van der Waals surface area contributed by atoms with Crippen LogP contribution in [0.25, 0.3) is 0 Å². The van der Waals surface area contributed by atoms with Gasteiger partial charge < -0.3 is 5.32 Å². The highest BCUT2D eigenvalue weighted by molar-refractivity contribution is 7.89. The highest BCUT2D eigenvalue weighted by Gasteiger charge is 2.31. The number of halogens is 1. The minimum Gasteiger partial charge on any atom is -0.348 e. The van der Waals surface area contributed by atoms with E-state index in [1.807, 2.05) is 19.1 Å². The van der Waals surface area contributed by atoms with Crippen LogP contribution in [0.3, 0.4) is 0 Å². The number of carbonyl (C=O) groups is 1. The molecular weight excluding hydrogens is 384 g/mol. The highest BCUT2D eigenvalue weighted by Crippen LogP contribution is 2.25. The van der Waals surface area contributed by atoms with Crippen molar-refractivity contribution in [2.75, 3.05) is 6.54 Å². The van der Waals surface area contributed by atoms with E-state index in [4.69, 9.17) is 11.6 Å². The van der Waals surface area contributed by atoms with Crippen molar-refractivity contribution in [2.45, 2.75) is 43.7 Å². The first kappa shape index (κ1) is 19.9. The predicted molar refractivity (Wildman–Crippen MR) is 106 cm³/mol. The average molecular weight is 407 g/mol. The fraction of sp³-hybridized carbons (Fsp3) is 0.350. The summed E-state index contributed by atoms with van der Waals surface area (Å²) in [5, 5.41) is 3.45. The Hall–Kier alpha value is -1.89. The summed E-state index contributed by atoms with van der Waals surface area (Å²) in [6, 6.07) is 13.4. The molecule has 0 spiro atoms. The number of benzene rings is 2. The molecule has 1 fully saturated rings. The third-order valence-electron chi connectivity index (χ3n) is 4.81. The van der Waals surface area contributed by atoms with Crippen molar-refractivity contribution in [1.82, 2.24) is 9.62 Å². The normalized spacial score (nSPS) is 18.2. The predicted octanol–water partition coefficient (Wildman–Crippen LogP) is 3.83. The van der Waals surface area contributed by atoms with Gasteiger partial charge >= 0.3 is 0 Å². The first-order chi connectivity index (χ1) is 12.9. The lowest BCUT2D eigenvalue weighted by atomic mass is 10.1. The summed E-state index contributed by atoms with van der Waals surface area (Å²) < 4.78 is 27.5. The van der Waals surface area contributed by atoms with Gasteiger partial charge in [-0.3, -0.25) is 4.79 Å². The molecule has 0 bridgehead atoms. The van der Waals surface area contributed by atoms with Gasteiger partial charge in [0.15, 0.2) is 0 Å². The molecule has 5 nitrogen and oxygen atoms in total. The Balaban J connectivity index is 1.74. The lowest BCUT2D eigenvalue weighted by Gasteiger charge is -2.32. The fourth-order valence-corrected chi connectivity index (χ4v) is 5.12. The number of amides is 1. The molecule has 1 amide bonds. The summed E-state index contributed by atoms with van der Waals surface area (Å²) >= 11 is 5.86. The largest absolute Gasteiger partial charge is 0.348 e. The van der Waals surface area contributed by atoms with Crippen molar-refractivity contribution in [3.63, 3.8) is 0 Å². The van der Waals surface area contributed by atoms with Gasteiger partial charge in [0.2, 0.25) is 10.0 Å². The van der Waals surface area contributed by atoms with Crippen LogP contribution in [0.2, 0.25) is 5.02 Å². The van der Waals surface area contributed by atoms with Crippen molar-refractivity contribution in [3.8, 4) is 0 Å². The van der Waals surface area contributed by atoms with Gasteiger partial charge in [-0.2, -0.15) is 4.31 Å². The van der Waals surface area contributed by atoms with Gasteiger partial charge in [-0.1, -0.05) is 36.2 Å². The summed E-state index contributed by atoms with van der Waals surface area (Å²) in [6.07, 6.45) is 2.77. The number of rotatable bonds is 5. The van der Waals surface area contributed by atoms with Crippen LogP contribution in [-0.2, 0) is 16.6 Å². The molecule has 1 aliphatic rings. The zero-order valence-electron chi connectivity index (χ0n) is 15.2. The molecule has 7 heteroatoms. The molecule has 1 aliphatic heterocycles. The summed E-state index contributed by atoms with van der Waals surface area (Å²) in [4.78, 5) is 12.6. The molecule has 27 heavy (non-hydrogen) atoms. The van der Waals surface area contributed by atoms with Crippen LogP contribution in [0, 0.1) is 0 Å². The third kappa shape index (κ3) is 4.69. The van der Waals surface area contributed by atoms with E-state index in [1.54, 1.807) is 34.6 Å². The summed E-state index contributed by atoms with van der Waals surface area (Å²) in [5.41, 5.74) is 1.24. The summed E-state index contributed by atoms with van der Waals surface area (Å²) in [5.74, 6) is -0.311. The molecule has 2 aromatic rings. The van der Waals surface area contributed by atoms with Crippen LogP contribution in [0.4, 0.5) is 0 Å². The number of nitrogens with zero attached hydrogens (tertiary/aromatic N) is 1. The van der Waals surface area contributed by atoms with Crippen LogP contribution in [0.1, 0.15) is 42.1 Å². The molecule has 1 atom stereocenters. The number of piperidine rings is 1. The first-order valence-electron chi connectivity index (χ1n) is 9.02. The lowest BCUT2D eigenvalue weighted by molar-refractivity contribution is 0.0950. The monoisotopic (exact) mass is 406 g/mol. The molecule has 144 valence electrons. The van der Waals surface area contributed by atoms with Crippen LogP contribution in [0.5, 0.6) is 0 Å². The zero-order chi connectivity index (χ0) is 19.4. The maximum atomic E-state index is 13.0. The van der Waals surface area contributed by atoms with Crippen LogP contribution in [0.15, 0.2) is 53.4 Å². The molecule has 1 saturated heterocycles. The minimum atomic E-state index is -3.60. The second-order valence-corrected chi connectivity index (χ2v) is 9.12. The molecule has 1 N–H and O–H groups in total. The summed E-state index contributed by atoms with van der Waals surface area (Å²) in [6.45, 7) is 2.80. The number of nitrogens with one attached hydrogen (secondary N) is 1. The van der Waals surface area contributed by atoms with E-state index < -0.39 is 10.0 Å². The highest BCUT2D eigenvalue weighted by atomic mass is 35.5. The van der Waals surface area contributed by atoms with Gasteiger partial charge in [0, 0.05) is 29.7 Å². The van der Waals surface area contributed by atoms with Crippen LogP contribution >= 0.6 is 11.6 Å². The Morgan fingerprint density at radius 2 is 1.93 bits per heavy atom. The maximum absolute atomic E-state index is 13.0. The van der Waals surface area contributed by atoms with Crippen molar-refractivity contribution >= 4 is 27.5 Å². The molecule has 2 aromatic carbocycles. The van der Waals surface area contributed by atoms with Crippen molar-refractivity contribution in [3.05, 3.63) is 64.7 Å². The quantitative estimate of drug-likeness (QED) is 0.820. The second-order valence-electron chi connectivity index (χ2n) is 6.80. The molecule has 0 aliphatic carbocycles. The van der Waals surface area contributed by atoms with Crippen molar-refractivity contribution in [2.24, 2.45) is 0 Å². The van der Waals surface area contributed by atoms with Gasteiger partial charge in [-0.25, -0.2) is 8.42 Å². The Bertz CT molecular complexity index is 913. The number of carbonyl (C=O) groups excluding carboxylic acids is 1. The second kappa shape index (κ2) is 8.42. The van der Waals surface area contributed by atoms with E-state index in [0.717, 1.165) is 24.8 Å². The SMILES string of the molecule is C[C@@H]1CCCCN1S(=O)(=O)c1cccc(C(=O)NCc2ccc(Cl)cc2)c1. The van der Waals surface area contributed by atoms with E-state index in [-0.39, 0.29) is 16.8 Å². The Labute approximate surface area is 165 Å². The number of sulfonamides is 1. The lowest BCUT2D eigenvalue weighted by Crippen LogP contribution is -2.42. The van der Waals surface area contributed by atoms with E-state index in [2.05, 4.69) is 5.32 Å². The molecule has 1 heterocycles. The van der Waals surface area contributed by atoms with E-state index >= 15 is 0 Å². The average Bonchev–Trinajstić information content (AvgIpc) is 2.67. The van der Waals surface area contributed by atoms with Crippen molar-refractivity contribution < 1.29 is 13.2 Å². The maximum Gasteiger partial charge on any atom is 0.251 e. The molecule has 0 saturated carbocycles. The van der Waals surface area contributed by atoms with Gasteiger partial charge in [-0.05, 0) is 55.7 Å². The molecule has 3 rings (SSSR count). The van der Waals surface area contributed by atoms with Crippen LogP contribution in [-0.4, -0.2) is 31.2 Å². The standard InChI is InChI=1S/C20H23ClN2O3S/c1-15-5-2-3-12-23(15)27(25,26)19-7-4-6-17(13-19)20(24)22-14-16-8-10-18(21)11-9-16/h4,6-11,13,15H,2-3,5,12,14H2,1H3,(H,22,24)/t15-/m1/s1. The smallest absolute Gasteiger partial charge is 0.251 e. The van der Waals surface area contributed by atoms with Crippen molar-refractivity contribution in [1.29, 1.82) is 0 Å². The van der Waals surface area contributed by atoms with Gasteiger partial charge in [0.05, 0.1) is 4.90 Å². The topological polar surface area (TPSA) is 66.5 Å². The Morgan fingerprint density at radius 1 is 1.19 bits per heavy atom. The number of hydrogen-bond acceptors (Lipinski definition) is 3. The number of hydrogen-bond donors (Lipinski definition) is 1. The minimum absolute atomic E-state index is 0.0221. The summed E-state index contributed by atoms with van der Waals surface area (Å²) in [7, 11) is -3.60. The van der Waals surface area contributed by atoms with Gasteiger partial charge in [0.1, 0.15) is 0 Å². The zero-order valence-corrected chi connectivity index (χ0v) is 16.8. The fourth-order valence-electron chi connectivity index (χ4n) is 3.25. The third-order valence-corrected chi connectivity index (χ3v) is 7.07. The molecule has 0 radical (unpaired) electrons. The Morgan fingerprint density at radius 3 is 2.63 bits per heavy atom. The van der Waals surface area contributed by atoms with Gasteiger partial charge in [-0.15, -0.1) is 0 Å². The van der Waals surface area contributed by atoms with E-state index in [9.17, 15) is 13.2 Å². The van der Waals surface area contributed by atoms with Crippen LogP contribution < -0.4 is 5.32 Å². The molecular formula is C20H23ClN2O3S.